The summed E-state index contributed by atoms with van der Waals surface area (Å²) in [6, 6.07) is 23.4. The molecule has 6 rings (SSSR count). The number of benzene rings is 3. The zero-order valence-electron chi connectivity index (χ0n) is 14.7. The van der Waals surface area contributed by atoms with Crippen LogP contribution in [0.1, 0.15) is 22.3 Å². The molecule has 3 aliphatic carbocycles. The van der Waals surface area contributed by atoms with Gasteiger partial charge in [0.1, 0.15) is 0 Å². The van der Waals surface area contributed by atoms with Crippen molar-refractivity contribution in [1.82, 2.24) is 0 Å². The Morgan fingerprint density at radius 1 is 0.786 bits per heavy atom. The predicted octanol–water partition coefficient (Wildman–Crippen LogP) is 6.43. The Bertz CT molecular complexity index is 1220. The molecule has 3 aromatic rings. The van der Waals surface area contributed by atoms with Crippen LogP contribution in [0.15, 0.2) is 88.9 Å². The van der Waals surface area contributed by atoms with Gasteiger partial charge < -0.3 is 0 Å². The molecule has 0 radical (unpaired) electrons. The number of allylic oxidation sites excluding steroid dienone is 4. The Hall–Kier alpha value is -2.23. The number of hydrogen-bond acceptors (Lipinski definition) is 1. The summed E-state index contributed by atoms with van der Waals surface area (Å²) in [5.74, 6) is 0.149. The highest BCUT2D eigenvalue weighted by atomic mass is 79.9. The first-order valence-electron chi connectivity index (χ1n) is 9.25. The lowest BCUT2D eigenvalue weighted by atomic mass is 9.68. The van der Waals surface area contributed by atoms with Crippen molar-refractivity contribution in [3.63, 3.8) is 0 Å². The molecular formula is C25H14Br2O. The second kappa shape index (κ2) is 5.65. The molecule has 0 N–H and O–H groups in total. The third kappa shape index (κ3) is 1.84. The van der Waals surface area contributed by atoms with E-state index in [4.69, 9.17) is 0 Å². The van der Waals surface area contributed by atoms with Gasteiger partial charge in [0.15, 0.2) is 5.78 Å². The van der Waals surface area contributed by atoms with Crippen molar-refractivity contribution in [3.8, 4) is 11.1 Å². The van der Waals surface area contributed by atoms with Gasteiger partial charge in [0.25, 0.3) is 0 Å². The normalized spacial score (nSPS) is 20.2. The van der Waals surface area contributed by atoms with Crippen molar-refractivity contribution in [2.24, 2.45) is 0 Å². The maximum atomic E-state index is 13.6. The van der Waals surface area contributed by atoms with Crippen molar-refractivity contribution in [2.75, 3.05) is 0 Å². The lowest BCUT2D eigenvalue weighted by Crippen LogP contribution is -2.34. The minimum absolute atomic E-state index is 0.149. The Balaban J connectivity index is 1.85. The highest BCUT2D eigenvalue weighted by molar-refractivity contribution is 9.10. The van der Waals surface area contributed by atoms with Gasteiger partial charge in [-0.2, -0.15) is 0 Å². The first-order valence-corrected chi connectivity index (χ1v) is 11.0. The van der Waals surface area contributed by atoms with E-state index >= 15 is 0 Å². The van der Waals surface area contributed by atoms with Crippen LogP contribution in [-0.4, -0.2) is 10.6 Å². The second-order valence-electron chi connectivity index (χ2n) is 7.44. The van der Waals surface area contributed by atoms with E-state index in [2.05, 4.69) is 105 Å². The number of carbonyl (C=O) groups is 1. The number of alkyl halides is 1. The number of halogens is 2. The topological polar surface area (TPSA) is 17.1 Å². The minimum Gasteiger partial charge on any atom is -0.293 e. The fraction of sp³-hybridized carbons (Fsp3) is 0.0800. The van der Waals surface area contributed by atoms with Crippen LogP contribution in [0.5, 0.6) is 0 Å². The number of fused-ring (bicyclic) bond motifs is 9. The molecule has 0 saturated heterocycles. The lowest BCUT2D eigenvalue weighted by molar-refractivity contribution is -0.114. The molecule has 1 atom stereocenters. The minimum atomic E-state index is -0.560. The van der Waals surface area contributed by atoms with Crippen molar-refractivity contribution < 1.29 is 4.79 Å². The summed E-state index contributed by atoms with van der Waals surface area (Å²) in [6.07, 6.45) is 4.07. The molecule has 0 bridgehead atoms. The van der Waals surface area contributed by atoms with E-state index in [1.165, 1.54) is 27.8 Å². The number of Topliss-reactive ketones (excluding diaryl/α,β-unsaturated/α-hetero) is 1. The van der Waals surface area contributed by atoms with Gasteiger partial charge in [-0.25, -0.2) is 0 Å². The van der Waals surface area contributed by atoms with Crippen molar-refractivity contribution in [1.29, 1.82) is 0 Å². The van der Waals surface area contributed by atoms with Gasteiger partial charge in [0.05, 0.1) is 10.2 Å². The first kappa shape index (κ1) is 16.7. The summed E-state index contributed by atoms with van der Waals surface area (Å²) >= 11 is 7.25. The summed E-state index contributed by atoms with van der Waals surface area (Å²) in [6.45, 7) is 0. The van der Waals surface area contributed by atoms with E-state index in [9.17, 15) is 4.79 Å². The van der Waals surface area contributed by atoms with E-state index in [-0.39, 0.29) is 10.6 Å². The predicted molar refractivity (Wildman–Crippen MR) is 120 cm³/mol. The van der Waals surface area contributed by atoms with Crippen molar-refractivity contribution in [3.05, 3.63) is 111 Å². The number of ketones is 1. The van der Waals surface area contributed by atoms with Gasteiger partial charge in [0.2, 0.25) is 0 Å². The lowest BCUT2D eigenvalue weighted by Gasteiger charge is -2.33. The van der Waals surface area contributed by atoms with Crippen LogP contribution in [0.4, 0.5) is 0 Å². The number of hydrogen-bond donors (Lipinski definition) is 0. The van der Waals surface area contributed by atoms with Gasteiger partial charge in [-0.15, -0.1) is 0 Å². The molecular weight excluding hydrogens is 476 g/mol. The van der Waals surface area contributed by atoms with Crippen LogP contribution in [-0.2, 0) is 10.2 Å². The summed E-state index contributed by atoms with van der Waals surface area (Å²) < 4.78 is 1.03. The molecule has 0 aliphatic heterocycles. The van der Waals surface area contributed by atoms with Gasteiger partial charge in [-0.3, -0.25) is 4.79 Å². The highest BCUT2D eigenvalue weighted by Crippen LogP contribution is 2.63. The average molecular weight is 490 g/mol. The maximum Gasteiger partial charge on any atom is 0.178 e. The van der Waals surface area contributed by atoms with E-state index in [0.29, 0.717) is 0 Å². The summed E-state index contributed by atoms with van der Waals surface area (Å²) in [5.41, 5.74) is 8.54. The van der Waals surface area contributed by atoms with Crippen LogP contribution in [0, 0.1) is 0 Å². The monoisotopic (exact) mass is 488 g/mol. The van der Waals surface area contributed by atoms with E-state index < -0.39 is 5.41 Å². The molecule has 0 amide bonds. The van der Waals surface area contributed by atoms with E-state index in [0.717, 1.165) is 21.2 Å². The Morgan fingerprint density at radius 2 is 1.43 bits per heavy atom. The SMILES string of the molecule is O=C1C2=C(C=CC1Br)c1ccc(Br)cc1C21c2ccccc2-c2ccccc21. The highest BCUT2D eigenvalue weighted by Gasteiger charge is 2.55. The molecule has 3 heteroatoms. The van der Waals surface area contributed by atoms with E-state index in [1.54, 1.807) is 0 Å². The van der Waals surface area contributed by atoms with Gasteiger partial charge in [-0.05, 0) is 51.1 Å². The molecule has 1 spiro atoms. The van der Waals surface area contributed by atoms with Crippen LogP contribution >= 0.6 is 31.9 Å². The summed E-state index contributed by atoms with van der Waals surface area (Å²) in [5, 5.41) is 0. The molecule has 3 aromatic carbocycles. The Morgan fingerprint density at radius 3 is 2.11 bits per heavy atom. The third-order valence-corrected chi connectivity index (χ3v) is 7.42. The number of rotatable bonds is 0. The molecule has 0 aromatic heterocycles. The number of carbonyl (C=O) groups excluding carboxylic acids is 1. The van der Waals surface area contributed by atoms with Gasteiger partial charge in [-0.1, -0.05) is 98.6 Å². The van der Waals surface area contributed by atoms with Crippen molar-refractivity contribution >= 4 is 43.2 Å². The second-order valence-corrected chi connectivity index (χ2v) is 9.35. The molecule has 0 heterocycles. The molecule has 1 nitrogen and oxygen atoms in total. The molecule has 0 saturated carbocycles. The maximum absolute atomic E-state index is 13.6. The first-order chi connectivity index (χ1) is 13.6. The fourth-order valence-corrected chi connectivity index (χ4v) is 5.97. The molecule has 28 heavy (non-hydrogen) atoms. The Labute approximate surface area is 180 Å². The summed E-state index contributed by atoms with van der Waals surface area (Å²) in [4.78, 5) is 13.3. The standard InChI is InChI=1S/C25H14Br2O/c26-14-9-10-17-18-11-12-22(27)24(28)23(18)25(21(17)13-14)19-7-3-1-5-15(19)16-6-2-4-8-20(16)25/h1-13,22H. The molecule has 3 aliphatic rings. The third-order valence-electron chi connectivity index (χ3n) is 6.20. The zero-order valence-corrected chi connectivity index (χ0v) is 17.9. The van der Waals surface area contributed by atoms with E-state index in [1.807, 2.05) is 6.08 Å². The van der Waals surface area contributed by atoms with Crippen LogP contribution in [0.2, 0.25) is 0 Å². The van der Waals surface area contributed by atoms with Crippen molar-refractivity contribution in [2.45, 2.75) is 10.2 Å². The largest absolute Gasteiger partial charge is 0.293 e. The molecule has 134 valence electrons. The summed E-state index contributed by atoms with van der Waals surface area (Å²) in [7, 11) is 0. The van der Waals surface area contributed by atoms with Crippen LogP contribution < -0.4 is 0 Å². The Kier molecular flexibility index (Phi) is 3.37. The zero-order chi connectivity index (χ0) is 19.0. The molecule has 0 fully saturated rings. The van der Waals surface area contributed by atoms with Gasteiger partial charge >= 0.3 is 0 Å². The smallest absolute Gasteiger partial charge is 0.178 e. The average Bonchev–Trinajstić information content (AvgIpc) is 3.18. The van der Waals surface area contributed by atoms with Crippen LogP contribution in [0.25, 0.3) is 16.7 Å². The van der Waals surface area contributed by atoms with Gasteiger partial charge in [0, 0.05) is 10.0 Å². The quantitative estimate of drug-likeness (QED) is 0.332. The molecule has 1 unspecified atom stereocenters. The fourth-order valence-electron chi connectivity index (χ4n) is 5.22. The van der Waals surface area contributed by atoms with Crippen LogP contribution in [0.3, 0.4) is 0 Å².